The maximum absolute atomic E-state index is 5.39. The number of nitrogens with one attached hydrogen (secondary N) is 1. The molecule has 1 N–H and O–H groups in total. The van der Waals surface area contributed by atoms with E-state index in [1.807, 2.05) is 31.2 Å². The maximum atomic E-state index is 5.39. The van der Waals surface area contributed by atoms with Crippen molar-refractivity contribution in [2.24, 2.45) is 0 Å². The minimum Gasteiger partial charge on any atom is -0.382 e. The molecule has 1 saturated carbocycles. The lowest BCUT2D eigenvalue weighted by molar-refractivity contribution is 0.424. The lowest BCUT2D eigenvalue weighted by Crippen LogP contribution is -2.26. The van der Waals surface area contributed by atoms with Gasteiger partial charge in [-0.2, -0.15) is 0 Å². The number of nitrogens with zero attached hydrogens (tertiary/aromatic N) is 5. The third kappa shape index (κ3) is 3.32. The Hall–Kier alpha value is -4.00. The molecule has 0 spiro atoms. The van der Waals surface area contributed by atoms with Gasteiger partial charge in [-0.1, -0.05) is 35.5 Å². The number of hydrogen-bond acceptors (Lipinski definition) is 6. The molecule has 6 rings (SSSR count). The Bertz CT molecular complexity index is 1380. The van der Waals surface area contributed by atoms with E-state index >= 15 is 0 Å². The monoisotopic (exact) mass is 422 g/mol. The molecular formula is C25H22N6O. The van der Waals surface area contributed by atoms with Gasteiger partial charge in [-0.15, -0.1) is 0 Å². The number of benzene rings is 2. The van der Waals surface area contributed by atoms with E-state index in [0.717, 1.165) is 39.6 Å². The molecule has 3 aromatic heterocycles. The lowest BCUT2D eigenvalue weighted by atomic mass is 9.93. The Kier molecular flexibility index (Phi) is 4.45. The summed E-state index contributed by atoms with van der Waals surface area (Å²) < 4.78 is 7.47. The summed E-state index contributed by atoms with van der Waals surface area (Å²) in [5.41, 5.74) is 5.37. The van der Waals surface area contributed by atoms with Crippen LogP contribution in [-0.2, 0) is 0 Å². The Morgan fingerprint density at radius 1 is 1.00 bits per heavy atom. The third-order valence-corrected chi connectivity index (χ3v) is 5.88. The summed E-state index contributed by atoms with van der Waals surface area (Å²) in [6.07, 6.45) is 5.54. The van der Waals surface area contributed by atoms with Gasteiger partial charge >= 0.3 is 0 Å². The number of aromatic nitrogens is 5. The average molecular weight is 422 g/mol. The zero-order chi connectivity index (χ0) is 21.5. The van der Waals surface area contributed by atoms with Crippen LogP contribution in [0.15, 0.2) is 71.4 Å². The molecule has 0 radical (unpaired) electrons. The zero-order valence-electron chi connectivity index (χ0n) is 17.7. The van der Waals surface area contributed by atoms with Crippen LogP contribution in [0, 0.1) is 6.92 Å². The largest absolute Gasteiger partial charge is 0.382 e. The van der Waals surface area contributed by atoms with Gasteiger partial charge in [0.05, 0.1) is 11.9 Å². The molecule has 0 unspecified atom stereocenters. The average Bonchev–Trinajstić information content (AvgIpc) is 3.40. The second kappa shape index (κ2) is 7.60. The summed E-state index contributed by atoms with van der Waals surface area (Å²) in [7, 11) is 0. The van der Waals surface area contributed by atoms with Crippen LogP contribution in [0.1, 0.15) is 25.0 Å². The first kappa shape index (κ1) is 18.7. The van der Waals surface area contributed by atoms with Gasteiger partial charge in [0, 0.05) is 29.0 Å². The fourth-order valence-corrected chi connectivity index (χ4v) is 3.98. The second-order valence-corrected chi connectivity index (χ2v) is 8.19. The molecule has 3 heterocycles. The standard InChI is InChI=1S/C25H22N6O/c1-16-14-22(32-30-16)23-26-15-21-25(29-23)31(24(28-21)17-6-3-2-4-7-17)20-12-10-19(11-13-20)27-18-8-5-9-18/h2-4,6-7,10-15,18,27H,5,8-9H2,1H3. The van der Waals surface area contributed by atoms with E-state index in [-0.39, 0.29) is 0 Å². The van der Waals surface area contributed by atoms with Crippen LogP contribution in [0.5, 0.6) is 0 Å². The second-order valence-electron chi connectivity index (χ2n) is 8.19. The zero-order valence-corrected chi connectivity index (χ0v) is 17.7. The van der Waals surface area contributed by atoms with Crippen molar-refractivity contribution in [1.82, 2.24) is 24.7 Å². The van der Waals surface area contributed by atoms with E-state index in [1.54, 1.807) is 6.20 Å². The van der Waals surface area contributed by atoms with E-state index in [1.165, 1.54) is 19.3 Å². The molecule has 0 bridgehead atoms. The summed E-state index contributed by atoms with van der Waals surface area (Å²) >= 11 is 0. The Morgan fingerprint density at radius 2 is 1.81 bits per heavy atom. The van der Waals surface area contributed by atoms with Gasteiger partial charge in [-0.25, -0.2) is 15.0 Å². The van der Waals surface area contributed by atoms with Crippen molar-refractivity contribution in [3.8, 4) is 28.7 Å². The quantitative estimate of drug-likeness (QED) is 0.408. The number of imidazole rings is 1. The van der Waals surface area contributed by atoms with Crippen LogP contribution in [0.4, 0.5) is 5.69 Å². The molecule has 1 fully saturated rings. The van der Waals surface area contributed by atoms with Gasteiger partial charge in [0.15, 0.2) is 5.65 Å². The van der Waals surface area contributed by atoms with Crippen molar-refractivity contribution in [2.45, 2.75) is 32.2 Å². The number of aryl methyl sites for hydroxylation is 1. The van der Waals surface area contributed by atoms with Crippen LogP contribution in [-0.4, -0.2) is 30.7 Å². The van der Waals surface area contributed by atoms with E-state index in [9.17, 15) is 0 Å². The number of fused-ring (bicyclic) bond motifs is 1. The number of rotatable bonds is 5. The molecule has 0 aliphatic heterocycles. The van der Waals surface area contributed by atoms with Crippen molar-refractivity contribution in [3.05, 3.63) is 72.6 Å². The summed E-state index contributed by atoms with van der Waals surface area (Å²) in [6, 6.07) is 21.0. The number of hydrogen-bond donors (Lipinski definition) is 1. The minimum atomic E-state index is 0.488. The minimum absolute atomic E-state index is 0.488. The Balaban J connectivity index is 1.50. The van der Waals surface area contributed by atoms with Gasteiger partial charge < -0.3 is 9.84 Å². The fourth-order valence-electron chi connectivity index (χ4n) is 3.98. The first-order valence-corrected chi connectivity index (χ1v) is 10.9. The highest BCUT2D eigenvalue weighted by Crippen LogP contribution is 2.30. The molecule has 1 aliphatic carbocycles. The highest BCUT2D eigenvalue weighted by atomic mass is 16.5. The van der Waals surface area contributed by atoms with E-state index in [2.05, 4.69) is 56.4 Å². The topological polar surface area (TPSA) is 81.7 Å². The van der Waals surface area contributed by atoms with Gasteiger partial charge in [-0.05, 0) is 50.5 Å². The van der Waals surface area contributed by atoms with Crippen LogP contribution in [0.25, 0.3) is 39.8 Å². The molecule has 7 nitrogen and oxygen atoms in total. The van der Waals surface area contributed by atoms with Gasteiger partial charge in [-0.3, -0.25) is 4.57 Å². The van der Waals surface area contributed by atoms with Crippen LogP contribution in [0.2, 0.25) is 0 Å². The first-order valence-electron chi connectivity index (χ1n) is 10.9. The SMILES string of the molecule is Cc1cc(-c2ncc3nc(-c4ccccc4)n(-c4ccc(NC5CCC5)cc4)c3n2)on1. The molecular weight excluding hydrogens is 400 g/mol. The summed E-state index contributed by atoms with van der Waals surface area (Å²) in [4.78, 5) is 14.1. The Morgan fingerprint density at radius 3 is 2.50 bits per heavy atom. The predicted octanol–water partition coefficient (Wildman–Crippen LogP) is 5.41. The van der Waals surface area contributed by atoms with Crippen LogP contribution in [0.3, 0.4) is 0 Å². The molecule has 2 aromatic carbocycles. The number of anilines is 1. The smallest absolute Gasteiger partial charge is 0.204 e. The normalized spacial score (nSPS) is 13.9. The van der Waals surface area contributed by atoms with Crippen molar-refractivity contribution >= 4 is 16.9 Å². The third-order valence-electron chi connectivity index (χ3n) is 5.88. The van der Waals surface area contributed by atoms with Crippen molar-refractivity contribution in [1.29, 1.82) is 0 Å². The van der Waals surface area contributed by atoms with E-state index in [4.69, 9.17) is 14.5 Å². The molecule has 1 aliphatic rings. The van der Waals surface area contributed by atoms with Crippen LogP contribution >= 0.6 is 0 Å². The lowest BCUT2D eigenvalue weighted by Gasteiger charge is -2.27. The summed E-state index contributed by atoms with van der Waals surface area (Å²) in [5, 5.41) is 7.56. The van der Waals surface area contributed by atoms with Crippen molar-refractivity contribution in [2.75, 3.05) is 5.32 Å². The van der Waals surface area contributed by atoms with Crippen molar-refractivity contribution in [3.63, 3.8) is 0 Å². The fraction of sp³-hybridized carbons (Fsp3) is 0.200. The summed E-state index contributed by atoms with van der Waals surface area (Å²) in [5.74, 6) is 1.85. The van der Waals surface area contributed by atoms with Gasteiger partial charge in [0.2, 0.25) is 11.6 Å². The Labute approximate surface area is 185 Å². The maximum Gasteiger partial charge on any atom is 0.204 e. The molecule has 0 saturated heterocycles. The molecule has 32 heavy (non-hydrogen) atoms. The van der Waals surface area contributed by atoms with Crippen molar-refractivity contribution < 1.29 is 4.52 Å². The predicted molar refractivity (Wildman–Crippen MR) is 124 cm³/mol. The highest BCUT2D eigenvalue weighted by Gasteiger charge is 2.19. The molecule has 0 amide bonds. The van der Waals surface area contributed by atoms with E-state index in [0.29, 0.717) is 17.6 Å². The van der Waals surface area contributed by atoms with Crippen LogP contribution < -0.4 is 5.32 Å². The molecule has 5 aromatic rings. The van der Waals surface area contributed by atoms with Gasteiger partial charge in [0.1, 0.15) is 11.3 Å². The molecule has 0 atom stereocenters. The first-order chi connectivity index (χ1) is 15.7. The molecule has 7 heteroatoms. The summed E-state index contributed by atoms with van der Waals surface area (Å²) in [6.45, 7) is 1.88. The van der Waals surface area contributed by atoms with E-state index < -0.39 is 0 Å². The highest BCUT2D eigenvalue weighted by molar-refractivity contribution is 5.80. The molecule has 158 valence electrons. The van der Waals surface area contributed by atoms with Gasteiger partial charge in [0.25, 0.3) is 0 Å².